The van der Waals surface area contributed by atoms with Crippen LogP contribution in [0.15, 0.2) is 48.5 Å². The first kappa shape index (κ1) is 16.0. The Hall–Kier alpha value is -2.33. The quantitative estimate of drug-likeness (QED) is 0.859. The maximum Gasteiger partial charge on any atom is 0.262 e. The van der Waals surface area contributed by atoms with Crippen LogP contribution in [0.1, 0.15) is 30.5 Å². The number of benzene rings is 2. The number of anilines is 1. The predicted octanol–water partition coefficient (Wildman–Crippen LogP) is 3.42. The van der Waals surface area contributed by atoms with E-state index in [1.165, 1.54) is 0 Å². The fourth-order valence-electron chi connectivity index (χ4n) is 2.12. The van der Waals surface area contributed by atoms with Gasteiger partial charge in [-0.2, -0.15) is 0 Å². The number of nitrogens with one attached hydrogen (secondary N) is 1. The zero-order chi connectivity index (χ0) is 15.9. The standard InChI is InChI=1S/C18H22N2O2/c1-3-17(19)14-7-9-16(10-8-14)22-12-18(21)20-15-6-4-5-13(2)11-15/h4-11,17H,3,12,19H2,1-2H3,(H,20,21). The molecule has 116 valence electrons. The molecular formula is C18H22N2O2. The summed E-state index contributed by atoms with van der Waals surface area (Å²) in [5.74, 6) is 0.478. The molecule has 0 spiro atoms. The smallest absolute Gasteiger partial charge is 0.262 e. The van der Waals surface area contributed by atoms with Crippen molar-refractivity contribution in [2.24, 2.45) is 5.73 Å². The molecule has 2 aromatic carbocycles. The third-order valence-electron chi connectivity index (χ3n) is 3.42. The van der Waals surface area contributed by atoms with Crippen molar-refractivity contribution in [3.8, 4) is 5.75 Å². The number of hydrogen-bond acceptors (Lipinski definition) is 3. The lowest BCUT2D eigenvalue weighted by Gasteiger charge is -2.11. The zero-order valence-electron chi connectivity index (χ0n) is 13.0. The van der Waals surface area contributed by atoms with E-state index in [2.05, 4.69) is 5.32 Å². The monoisotopic (exact) mass is 298 g/mol. The predicted molar refractivity (Wildman–Crippen MR) is 89.0 cm³/mol. The van der Waals surface area contributed by atoms with Crippen LogP contribution in [0.3, 0.4) is 0 Å². The molecule has 0 saturated carbocycles. The molecule has 0 radical (unpaired) electrons. The van der Waals surface area contributed by atoms with Crippen LogP contribution in [0.5, 0.6) is 5.75 Å². The van der Waals surface area contributed by atoms with E-state index >= 15 is 0 Å². The number of rotatable bonds is 6. The summed E-state index contributed by atoms with van der Waals surface area (Å²) in [7, 11) is 0. The van der Waals surface area contributed by atoms with Crippen LogP contribution in [0.25, 0.3) is 0 Å². The molecule has 3 N–H and O–H groups in total. The molecule has 2 aromatic rings. The fourth-order valence-corrected chi connectivity index (χ4v) is 2.12. The molecule has 22 heavy (non-hydrogen) atoms. The van der Waals surface area contributed by atoms with Crippen LogP contribution < -0.4 is 15.8 Å². The molecule has 1 unspecified atom stereocenters. The van der Waals surface area contributed by atoms with Crippen LogP contribution in [0.2, 0.25) is 0 Å². The van der Waals surface area contributed by atoms with Gasteiger partial charge in [0, 0.05) is 11.7 Å². The minimum absolute atomic E-state index is 0.0207. The molecule has 0 heterocycles. The second-order valence-electron chi connectivity index (χ2n) is 5.29. The van der Waals surface area contributed by atoms with Gasteiger partial charge in [-0.25, -0.2) is 0 Å². The highest BCUT2D eigenvalue weighted by Gasteiger charge is 2.06. The Kier molecular flexibility index (Phi) is 5.55. The lowest BCUT2D eigenvalue weighted by molar-refractivity contribution is -0.118. The maximum atomic E-state index is 11.9. The number of aryl methyl sites for hydroxylation is 1. The molecule has 0 fully saturated rings. The molecule has 0 aliphatic rings. The van der Waals surface area contributed by atoms with Crippen molar-refractivity contribution in [1.82, 2.24) is 0 Å². The number of amides is 1. The third-order valence-corrected chi connectivity index (χ3v) is 3.42. The van der Waals surface area contributed by atoms with Crippen LogP contribution in [-0.4, -0.2) is 12.5 Å². The van der Waals surface area contributed by atoms with E-state index in [9.17, 15) is 4.79 Å². The summed E-state index contributed by atoms with van der Waals surface area (Å²) in [6, 6.07) is 15.2. The summed E-state index contributed by atoms with van der Waals surface area (Å²) in [5, 5.41) is 2.81. The Morgan fingerprint density at radius 3 is 2.59 bits per heavy atom. The lowest BCUT2D eigenvalue weighted by Crippen LogP contribution is -2.20. The topological polar surface area (TPSA) is 64.3 Å². The first-order valence-electron chi connectivity index (χ1n) is 7.43. The minimum Gasteiger partial charge on any atom is -0.484 e. The molecule has 0 saturated heterocycles. The Morgan fingerprint density at radius 2 is 1.95 bits per heavy atom. The van der Waals surface area contributed by atoms with Gasteiger partial charge in [0.05, 0.1) is 0 Å². The average Bonchev–Trinajstić information content (AvgIpc) is 2.52. The van der Waals surface area contributed by atoms with E-state index in [4.69, 9.17) is 10.5 Å². The van der Waals surface area contributed by atoms with Gasteiger partial charge in [0.25, 0.3) is 5.91 Å². The molecule has 0 aromatic heterocycles. The largest absolute Gasteiger partial charge is 0.484 e. The summed E-state index contributed by atoms with van der Waals surface area (Å²) in [6.45, 7) is 4.01. The van der Waals surface area contributed by atoms with Crippen molar-refractivity contribution in [3.63, 3.8) is 0 Å². The summed E-state index contributed by atoms with van der Waals surface area (Å²) in [5.41, 5.74) is 8.90. The van der Waals surface area contributed by atoms with Gasteiger partial charge >= 0.3 is 0 Å². The van der Waals surface area contributed by atoms with E-state index in [0.29, 0.717) is 5.75 Å². The third kappa shape index (κ3) is 4.60. The molecule has 4 heteroatoms. The summed E-state index contributed by atoms with van der Waals surface area (Å²) < 4.78 is 5.49. The zero-order valence-corrected chi connectivity index (χ0v) is 13.0. The highest BCUT2D eigenvalue weighted by atomic mass is 16.5. The van der Waals surface area contributed by atoms with Gasteiger partial charge in [-0.3, -0.25) is 4.79 Å². The molecule has 1 atom stereocenters. The van der Waals surface area contributed by atoms with E-state index in [0.717, 1.165) is 23.2 Å². The second kappa shape index (κ2) is 7.61. The molecule has 0 aliphatic carbocycles. The number of hydrogen-bond donors (Lipinski definition) is 2. The van der Waals surface area contributed by atoms with Crippen molar-refractivity contribution >= 4 is 11.6 Å². The lowest BCUT2D eigenvalue weighted by atomic mass is 10.1. The number of nitrogens with two attached hydrogens (primary N) is 1. The van der Waals surface area contributed by atoms with Crippen molar-refractivity contribution in [2.75, 3.05) is 11.9 Å². The van der Waals surface area contributed by atoms with Gasteiger partial charge in [0.15, 0.2) is 6.61 Å². The van der Waals surface area contributed by atoms with Gasteiger partial charge in [0.1, 0.15) is 5.75 Å². The average molecular weight is 298 g/mol. The molecular weight excluding hydrogens is 276 g/mol. The molecule has 1 amide bonds. The molecule has 2 rings (SSSR count). The Bertz CT molecular complexity index is 623. The maximum absolute atomic E-state index is 11.9. The minimum atomic E-state index is -0.181. The number of carbonyl (C=O) groups excluding carboxylic acids is 1. The van der Waals surface area contributed by atoms with Crippen molar-refractivity contribution < 1.29 is 9.53 Å². The summed E-state index contributed by atoms with van der Waals surface area (Å²) in [4.78, 5) is 11.9. The first-order chi connectivity index (χ1) is 10.6. The van der Waals surface area contributed by atoms with Crippen molar-refractivity contribution in [2.45, 2.75) is 26.3 Å². The molecule has 0 bridgehead atoms. The van der Waals surface area contributed by atoms with Crippen molar-refractivity contribution in [3.05, 3.63) is 59.7 Å². The highest BCUT2D eigenvalue weighted by Crippen LogP contribution is 2.18. The Labute approximate surface area is 131 Å². The second-order valence-corrected chi connectivity index (χ2v) is 5.29. The Balaban J connectivity index is 1.86. The van der Waals surface area contributed by atoms with Crippen LogP contribution in [0, 0.1) is 6.92 Å². The van der Waals surface area contributed by atoms with Crippen LogP contribution in [-0.2, 0) is 4.79 Å². The van der Waals surface area contributed by atoms with Gasteiger partial charge < -0.3 is 15.8 Å². The van der Waals surface area contributed by atoms with Crippen LogP contribution in [0.4, 0.5) is 5.69 Å². The van der Waals surface area contributed by atoms with Crippen LogP contribution >= 0.6 is 0 Å². The van der Waals surface area contributed by atoms with Gasteiger partial charge in [0.2, 0.25) is 0 Å². The number of ether oxygens (including phenoxy) is 1. The summed E-state index contributed by atoms with van der Waals surface area (Å²) in [6.07, 6.45) is 0.888. The van der Waals surface area contributed by atoms with Crippen molar-refractivity contribution in [1.29, 1.82) is 0 Å². The van der Waals surface area contributed by atoms with Gasteiger partial charge in [-0.15, -0.1) is 0 Å². The number of carbonyl (C=O) groups is 1. The van der Waals surface area contributed by atoms with E-state index in [-0.39, 0.29) is 18.6 Å². The van der Waals surface area contributed by atoms with E-state index in [1.807, 2.05) is 62.4 Å². The van der Waals surface area contributed by atoms with Gasteiger partial charge in [-0.1, -0.05) is 31.2 Å². The SMILES string of the molecule is CCC(N)c1ccc(OCC(=O)Nc2cccc(C)c2)cc1. The van der Waals surface area contributed by atoms with E-state index in [1.54, 1.807) is 0 Å². The normalized spacial score (nSPS) is 11.8. The fraction of sp³-hybridized carbons (Fsp3) is 0.278. The highest BCUT2D eigenvalue weighted by molar-refractivity contribution is 5.91. The first-order valence-corrected chi connectivity index (χ1v) is 7.43. The summed E-state index contributed by atoms with van der Waals surface area (Å²) >= 11 is 0. The molecule has 4 nitrogen and oxygen atoms in total. The van der Waals surface area contributed by atoms with E-state index < -0.39 is 0 Å². The Morgan fingerprint density at radius 1 is 1.23 bits per heavy atom. The van der Waals surface area contributed by atoms with Gasteiger partial charge in [-0.05, 0) is 48.7 Å². The molecule has 0 aliphatic heterocycles.